The monoisotopic (exact) mass is 1340 g/mol. The Morgan fingerprint density at radius 2 is 0.885 bits per heavy atom. The first kappa shape index (κ1) is 77.3. The van der Waals surface area contributed by atoms with Gasteiger partial charge in [0.2, 0.25) is 35.4 Å². The van der Waals surface area contributed by atoms with Crippen LogP contribution in [0.2, 0.25) is 0 Å². The van der Waals surface area contributed by atoms with Crippen LogP contribution in [0.15, 0.2) is 85.0 Å². The summed E-state index contributed by atoms with van der Waals surface area (Å²) in [5.41, 5.74) is 0.348. The summed E-state index contributed by atoms with van der Waals surface area (Å²) >= 11 is 0. The summed E-state index contributed by atoms with van der Waals surface area (Å²) in [5.74, 6) is -2.82. The van der Waals surface area contributed by atoms with Crippen molar-refractivity contribution >= 4 is 59.4 Å². The molecule has 2 aromatic carbocycles. The second-order valence-corrected chi connectivity index (χ2v) is 28.2. The number of esters is 1. The average molecular weight is 1340 g/mol. The van der Waals surface area contributed by atoms with Gasteiger partial charge in [-0.25, -0.2) is 14.4 Å². The molecule has 530 valence electrons. The molecule has 23 heteroatoms. The number of carbonyl (C=O) groups excluding carboxylic acids is 10. The Kier molecular flexibility index (Phi) is 31.4. The highest BCUT2D eigenvalue weighted by molar-refractivity contribution is 5.95. The highest BCUT2D eigenvalue weighted by Crippen LogP contribution is 2.32. The molecule has 2 saturated heterocycles. The molecule has 8 N–H and O–H groups in total. The Hall–Kier alpha value is -7.66. The number of carbonyl (C=O) groups is 10. The summed E-state index contributed by atoms with van der Waals surface area (Å²) < 4.78 is 28.0. The van der Waals surface area contributed by atoms with Crippen LogP contribution in [-0.2, 0) is 75.3 Å². The third kappa shape index (κ3) is 28.6. The number of rotatable bonds is 32. The SMILES string of the molecule is CC(OC(C)(C)C)[C@H](NC(=O)OCc1ccccc1)C(=O)N[C@@H](CC1CCCCC1)C(=O)N[C@H](/C=C/C(=O)C1CC1)CC1CCNC1=O.CCOC(=O)/C=C/[C@H](C[C@@H]1CCNC1=O)NC(=O)[C@H](CC1CCCCC1)NC(=O)[C@@H](NC(=O)OCc1ccccc1)C(C)OC(C)(C)C. The van der Waals surface area contributed by atoms with Gasteiger partial charge >= 0.3 is 18.2 Å². The minimum atomic E-state index is -1.17. The van der Waals surface area contributed by atoms with Gasteiger partial charge < -0.3 is 66.2 Å². The quantitative estimate of drug-likeness (QED) is 0.0193. The van der Waals surface area contributed by atoms with Crippen molar-refractivity contribution in [3.63, 3.8) is 0 Å². The maximum Gasteiger partial charge on any atom is 0.408 e. The van der Waals surface area contributed by atoms with Crippen LogP contribution in [-0.4, -0.2) is 139 Å². The molecule has 23 nitrogen and oxygen atoms in total. The Morgan fingerprint density at radius 3 is 1.24 bits per heavy atom. The lowest BCUT2D eigenvalue weighted by Crippen LogP contribution is -2.59. The third-order valence-corrected chi connectivity index (χ3v) is 17.7. The second kappa shape index (κ2) is 38.9. The molecule has 0 bridgehead atoms. The van der Waals surface area contributed by atoms with Gasteiger partial charge in [0.25, 0.3) is 0 Å². The molecular formula is C73H108N8O15. The number of ether oxygens (including phenoxy) is 5. The van der Waals surface area contributed by atoms with Gasteiger partial charge in [-0.15, -0.1) is 0 Å². The van der Waals surface area contributed by atoms with Crippen molar-refractivity contribution < 1.29 is 71.6 Å². The Bertz CT molecular complexity index is 2920. The molecule has 8 amide bonds. The van der Waals surface area contributed by atoms with Gasteiger partial charge in [-0.05, 0) is 143 Å². The van der Waals surface area contributed by atoms with Crippen LogP contribution in [0.4, 0.5) is 9.59 Å². The van der Waals surface area contributed by atoms with E-state index in [0.717, 1.165) is 88.2 Å². The fourth-order valence-corrected chi connectivity index (χ4v) is 12.7. The zero-order chi connectivity index (χ0) is 69.8. The minimum Gasteiger partial charge on any atom is -0.463 e. The van der Waals surface area contributed by atoms with Gasteiger partial charge in [-0.2, -0.15) is 0 Å². The molecular weight excluding hydrogens is 1230 g/mol. The van der Waals surface area contributed by atoms with E-state index in [1.807, 2.05) is 102 Å². The molecule has 2 aliphatic heterocycles. The summed E-state index contributed by atoms with van der Waals surface area (Å²) in [4.78, 5) is 131. The molecule has 3 unspecified atom stereocenters. The van der Waals surface area contributed by atoms with Crippen molar-refractivity contribution in [3.05, 3.63) is 96.1 Å². The Morgan fingerprint density at radius 1 is 0.490 bits per heavy atom. The van der Waals surface area contributed by atoms with Gasteiger partial charge in [0, 0.05) is 49.0 Å². The maximum absolute atomic E-state index is 14.0. The smallest absolute Gasteiger partial charge is 0.408 e. The fraction of sp³-hybridized carbons (Fsp3) is 0.644. The minimum absolute atomic E-state index is 0.0158. The molecule has 3 saturated carbocycles. The van der Waals surface area contributed by atoms with Gasteiger partial charge in [-0.1, -0.05) is 137 Å². The topological polar surface area (TPSA) is 313 Å². The third-order valence-electron chi connectivity index (χ3n) is 17.7. The Balaban J connectivity index is 0.000000304. The first-order chi connectivity index (χ1) is 45.7. The summed E-state index contributed by atoms with van der Waals surface area (Å²) in [5, 5.41) is 22.8. The molecule has 7 rings (SSSR count). The first-order valence-corrected chi connectivity index (χ1v) is 34.9. The van der Waals surface area contributed by atoms with Crippen molar-refractivity contribution in [1.29, 1.82) is 0 Å². The van der Waals surface area contributed by atoms with Gasteiger partial charge in [0.1, 0.15) is 37.4 Å². The number of alkyl carbamates (subject to hydrolysis) is 2. The number of benzene rings is 2. The van der Waals surface area contributed by atoms with E-state index in [4.69, 9.17) is 23.7 Å². The van der Waals surface area contributed by atoms with E-state index in [0.29, 0.717) is 45.2 Å². The number of hydrogen-bond acceptors (Lipinski definition) is 15. The van der Waals surface area contributed by atoms with Gasteiger partial charge in [-0.3, -0.25) is 33.6 Å². The highest BCUT2D eigenvalue weighted by atomic mass is 16.6. The molecule has 0 radical (unpaired) electrons. The Labute approximate surface area is 567 Å². The van der Waals surface area contributed by atoms with Crippen LogP contribution in [0.5, 0.6) is 0 Å². The van der Waals surface area contributed by atoms with E-state index >= 15 is 0 Å². The number of amides is 8. The lowest BCUT2D eigenvalue weighted by Gasteiger charge is -2.32. The van der Waals surface area contributed by atoms with Crippen LogP contribution >= 0.6 is 0 Å². The van der Waals surface area contributed by atoms with E-state index in [-0.39, 0.29) is 73.4 Å². The summed E-state index contributed by atoms with van der Waals surface area (Å²) in [6, 6.07) is 13.0. The van der Waals surface area contributed by atoms with E-state index in [1.165, 1.54) is 18.2 Å². The highest BCUT2D eigenvalue weighted by Gasteiger charge is 2.39. The normalized spacial score (nSPS) is 20.3. The molecule has 5 aliphatic rings. The van der Waals surface area contributed by atoms with Crippen molar-refractivity contribution in [2.24, 2.45) is 29.6 Å². The summed E-state index contributed by atoms with van der Waals surface area (Å²) in [6.07, 6.45) is 17.6. The van der Waals surface area contributed by atoms with Crippen LogP contribution in [0.25, 0.3) is 0 Å². The van der Waals surface area contributed by atoms with Crippen molar-refractivity contribution in [2.75, 3.05) is 19.7 Å². The summed E-state index contributed by atoms with van der Waals surface area (Å²) in [6.45, 7) is 17.6. The number of allylic oxidation sites excluding steroid dienone is 1. The van der Waals surface area contributed by atoms with Crippen LogP contribution in [0.3, 0.4) is 0 Å². The number of hydrogen-bond donors (Lipinski definition) is 8. The molecule has 3 aliphatic carbocycles. The lowest BCUT2D eigenvalue weighted by atomic mass is 9.84. The van der Waals surface area contributed by atoms with Crippen LogP contribution in [0, 0.1) is 29.6 Å². The molecule has 0 aromatic heterocycles. The van der Waals surface area contributed by atoms with E-state index < -0.39 is 101 Å². The molecule has 2 heterocycles. The number of nitrogens with one attached hydrogen (secondary N) is 8. The largest absolute Gasteiger partial charge is 0.463 e. The molecule has 96 heavy (non-hydrogen) atoms. The molecule has 10 atom stereocenters. The van der Waals surface area contributed by atoms with E-state index in [2.05, 4.69) is 42.5 Å². The fourth-order valence-electron chi connectivity index (χ4n) is 12.7. The van der Waals surface area contributed by atoms with E-state index in [9.17, 15) is 47.9 Å². The average Bonchev–Trinajstić information content (AvgIpc) is 1.10. The van der Waals surface area contributed by atoms with E-state index in [1.54, 1.807) is 26.8 Å². The first-order valence-electron chi connectivity index (χ1n) is 34.9. The van der Waals surface area contributed by atoms with Gasteiger partial charge in [0.15, 0.2) is 5.78 Å². The number of ketones is 1. The standard InChI is InChI=1S/C37H54N4O7.C36H54N4O8/c1-24(48-37(2,3)4)32(41-36(46)47-23-26-13-9-6-10-14-26)35(45)40-30(21-25-11-7-5-8-12-25)34(44)39-29(17-18-31(42)27-15-16-27)22-28-19-20-38-33(28)43;1-6-46-30(41)18-17-28(22-27-19-20-37-32(27)42)38-33(43)29(21-25-13-9-7-10-14-25)39-34(44)31(24(2)48-36(3,4)5)40-35(45)47-23-26-15-11-8-12-16-26/h6,9-10,13-14,17-18,24-25,27-30,32H,5,7-8,11-12,15-16,19-23H2,1-4H3,(H,38,43)(H,39,44)(H,40,45)(H,41,46);8,11-12,15-18,24-25,27-29,31H,6-7,9-10,13-14,19-23H2,1-5H3,(H,37,42)(H,38,43)(H,39,44)(H,40,45)/b2*18-17+/t24?,28?,29-,30+,32+;24?,27-,28+,29-,31-/m10/s1. The van der Waals surface area contributed by atoms with Crippen LogP contribution < -0.4 is 42.5 Å². The van der Waals surface area contributed by atoms with Crippen molar-refractivity contribution in [2.45, 2.75) is 251 Å². The van der Waals surface area contributed by atoms with Crippen LogP contribution in [0.1, 0.15) is 189 Å². The zero-order valence-corrected chi connectivity index (χ0v) is 58.0. The summed E-state index contributed by atoms with van der Waals surface area (Å²) in [7, 11) is 0. The lowest BCUT2D eigenvalue weighted by molar-refractivity contribution is -0.137. The zero-order valence-electron chi connectivity index (χ0n) is 58.0. The molecule has 2 aromatic rings. The second-order valence-electron chi connectivity index (χ2n) is 28.2. The van der Waals surface area contributed by atoms with Gasteiger partial charge in [0.05, 0.1) is 30.0 Å². The van der Waals surface area contributed by atoms with Crippen molar-refractivity contribution in [3.8, 4) is 0 Å². The molecule has 5 fully saturated rings. The predicted molar refractivity (Wildman–Crippen MR) is 362 cm³/mol. The molecule has 0 spiro atoms. The maximum atomic E-state index is 14.0. The van der Waals surface area contributed by atoms with Crippen molar-refractivity contribution in [1.82, 2.24) is 42.5 Å². The predicted octanol–water partition coefficient (Wildman–Crippen LogP) is 8.56.